The van der Waals surface area contributed by atoms with Crippen molar-refractivity contribution in [2.45, 2.75) is 13.5 Å². The predicted molar refractivity (Wildman–Crippen MR) is 64.3 cm³/mol. The van der Waals surface area contributed by atoms with Crippen LogP contribution in [-0.2, 0) is 6.54 Å². The number of nitrogens with zero attached hydrogens (tertiary/aromatic N) is 3. The van der Waals surface area contributed by atoms with Crippen LogP contribution in [0.3, 0.4) is 0 Å². The van der Waals surface area contributed by atoms with Gasteiger partial charge in [-0.25, -0.2) is 9.07 Å². The highest BCUT2D eigenvalue weighted by Crippen LogP contribution is 2.16. The molecule has 0 aliphatic heterocycles. The molecular formula is C13H10FN3O. The number of halogens is 1. The summed E-state index contributed by atoms with van der Waals surface area (Å²) in [5.74, 6) is -0.344. The van der Waals surface area contributed by atoms with Crippen LogP contribution in [0, 0.1) is 17.1 Å². The van der Waals surface area contributed by atoms with Gasteiger partial charge in [0.15, 0.2) is 0 Å². The lowest BCUT2D eigenvalue weighted by molar-refractivity contribution is 0.616. The van der Waals surface area contributed by atoms with Gasteiger partial charge in [0.1, 0.15) is 17.4 Å². The molecule has 1 aromatic heterocycles. The highest BCUT2D eigenvalue weighted by Gasteiger charge is 2.08. The molecule has 0 aliphatic carbocycles. The van der Waals surface area contributed by atoms with Crippen molar-refractivity contribution in [3.8, 4) is 17.3 Å². The van der Waals surface area contributed by atoms with Gasteiger partial charge >= 0.3 is 0 Å². The summed E-state index contributed by atoms with van der Waals surface area (Å²) in [6.07, 6.45) is 0. The SMILES string of the molecule is CCn1nc(-c2ccc(F)cc2)cc(C#N)c1=O. The largest absolute Gasteiger partial charge is 0.284 e. The van der Waals surface area contributed by atoms with Crippen molar-refractivity contribution >= 4 is 0 Å². The number of hydrogen-bond donors (Lipinski definition) is 0. The summed E-state index contributed by atoms with van der Waals surface area (Å²) >= 11 is 0. The summed E-state index contributed by atoms with van der Waals surface area (Å²) in [5.41, 5.74) is 0.764. The fourth-order valence-electron chi connectivity index (χ4n) is 1.60. The van der Waals surface area contributed by atoms with Gasteiger partial charge in [0.05, 0.1) is 5.69 Å². The first-order chi connectivity index (χ1) is 8.65. The maximum atomic E-state index is 12.8. The van der Waals surface area contributed by atoms with Gasteiger partial charge in [-0.1, -0.05) is 0 Å². The standard InChI is InChI=1S/C13H10FN3O/c1-2-17-13(18)10(8-15)7-12(16-17)9-3-5-11(14)6-4-9/h3-7H,2H2,1H3. The van der Waals surface area contributed by atoms with E-state index in [4.69, 9.17) is 5.26 Å². The number of aromatic nitrogens is 2. The monoisotopic (exact) mass is 243 g/mol. The molecule has 4 nitrogen and oxygen atoms in total. The number of rotatable bonds is 2. The van der Waals surface area contributed by atoms with E-state index in [0.717, 1.165) is 0 Å². The second kappa shape index (κ2) is 4.80. The Morgan fingerprint density at radius 3 is 2.61 bits per heavy atom. The normalized spacial score (nSPS) is 10.1. The van der Waals surface area contributed by atoms with Gasteiger partial charge in [-0.2, -0.15) is 10.4 Å². The number of hydrogen-bond acceptors (Lipinski definition) is 3. The van der Waals surface area contributed by atoms with Crippen molar-refractivity contribution in [3.63, 3.8) is 0 Å². The lowest BCUT2D eigenvalue weighted by atomic mass is 10.1. The second-order valence-electron chi connectivity index (χ2n) is 3.68. The van der Waals surface area contributed by atoms with E-state index in [-0.39, 0.29) is 11.4 Å². The Morgan fingerprint density at radius 1 is 1.39 bits per heavy atom. The molecule has 90 valence electrons. The summed E-state index contributed by atoms with van der Waals surface area (Å²) in [4.78, 5) is 11.7. The van der Waals surface area contributed by atoms with Crippen LogP contribution in [0.5, 0.6) is 0 Å². The highest BCUT2D eigenvalue weighted by molar-refractivity contribution is 5.59. The first kappa shape index (κ1) is 12.0. The van der Waals surface area contributed by atoms with E-state index in [0.29, 0.717) is 17.8 Å². The third-order valence-corrected chi connectivity index (χ3v) is 2.53. The van der Waals surface area contributed by atoms with E-state index in [2.05, 4.69) is 5.10 Å². The molecule has 1 aromatic carbocycles. The zero-order chi connectivity index (χ0) is 13.1. The van der Waals surface area contributed by atoms with Crippen LogP contribution in [0.25, 0.3) is 11.3 Å². The fourth-order valence-corrected chi connectivity index (χ4v) is 1.60. The zero-order valence-corrected chi connectivity index (χ0v) is 9.72. The quantitative estimate of drug-likeness (QED) is 0.809. The Bertz CT molecular complexity index is 668. The summed E-state index contributed by atoms with van der Waals surface area (Å²) in [5, 5.41) is 13.0. The molecule has 0 saturated carbocycles. The van der Waals surface area contributed by atoms with Crippen molar-refractivity contribution in [1.82, 2.24) is 9.78 Å². The fraction of sp³-hybridized carbons (Fsp3) is 0.154. The molecule has 0 bridgehead atoms. The number of aryl methyl sites for hydroxylation is 1. The Balaban J connectivity index is 2.62. The van der Waals surface area contributed by atoms with Gasteiger partial charge in [0.2, 0.25) is 0 Å². The molecule has 0 atom stereocenters. The van der Waals surface area contributed by atoms with E-state index in [9.17, 15) is 9.18 Å². The lowest BCUT2D eigenvalue weighted by Gasteiger charge is -2.05. The minimum atomic E-state index is -0.411. The van der Waals surface area contributed by atoms with Gasteiger partial charge in [-0.05, 0) is 37.3 Å². The molecule has 5 heteroatoms. The van der Waals surface area contributed by atoms with Crippen molar-refractivity contribution in [1.29, 1.82) is 5.26 Å². The summed E-state index contributed by atoms with van der Waals surface area (Å²) < 4.78 is 14.0. The van der Waals surface area contributed by atoms with Gasteiger partial charge in [-0.15, -0.1) is 0 Å². The van der Waals surface area contributed by atoms with E-state index < -0.39 is 5.56 Å². The van der Waals surface area contributed by atoms with Gasteiger partial charge < -0.3 is 0 Å². The molecule has 0 amide bonds. The third kappa shape index (κ3) is 2.13. The van der Waals surface area contributed by atoms with Crippen LogP contribution in [0.2, 0.25) is 0 Å². The first-order valence-electron chi connectivity index (χ1n) is 5.44. The highest BCUT2D eigenvalue weighted by atomic mass is 19.1. The Hall–Kier alpha value is -2.48. The number of benzene rings is 1. The van der Waals surface area contributed by atoms with E-state index >= 15 is 0 Å². The molecule has 0 unspecified atom stereocenters. The summed E-state index contributed by atoms with van der Waals surface area (Å²) in [7, 11) is 0. The summed E-state index contributed by atoms with van der Waals surface area (Å²) in [6, 6.07) is 9.00. The van der Waals surface area contributed by atoms with Crippen LogP contribution in [0.4, 0.5) is 4.39 Å². The van der Waals surface area contributed by atoms with Crippen molar-refractivity contribution in [2.24, 2.45) is 0 Å². The van der Waals surface area contributed by atoms with E-state index in [1.807, 2.05) is 6.07 Å². The lowest BCUT2D eigenvalue weighted by Crippen LogP contribution is -2.24. The zero-order valence-electron chi connectivity index (χ0n) is 9.72. The Labute approximate surface area is 103 Å². The average molecular weight is 243 g/mol. The molecule has 2 rings (SSSR count). The van der Waals surface area contributed by atoms with Crippen molar-refractivity contribution < 1.29 is 4.39 Å². The van der Waals surface area contributed by atoms with Crippen molar-refractivity contribution in [3.05, 3.63) is 52.1 Å². The molecule has 0 spiro atoms. The molecule has 0 saturated heterocycles. The topological polar surface area (TPSA) is 58.7 Å². The molecule has 18 heavy (non-hydrogen) atoms. The molecule has 0 aliphatic rings. The summed E-state index contributed by atoms with van der Waals surface area (Å²) in [6.45, 7) is 2.15. The molecule has 1 heterocycles. The van der Waals surface area contributed by atoms with Crippen molar-refractivity contribution in [2.75, 3.05) is 0 Å². The molecule has 0 N–H and O–H groups in total. The number of nitriles is 1. The Kier molecular flexibility index (Phi) is 3.20. The van der Waals surface area contributed by atoms with Gasteiger partial charge in [-0.3, -0.25) is 4.79 Å². The average Bonchev–Trinajstić information content (AvgIpc) is 2.40. The Morgan fingerprint density at radius 2 is 2.06 bits per heavy atom. The van der Waals surface area contributed by atoms with Crippen LogP contribution in [0.1, 0.15) is 12.5 Å². The van der Waals surface area contributed by atoms with Crippen LogP contribution < -0.4 is 5.56 Å². The maximum absolute atomic E-state index is 12.8. The smallest absolute Gasteiger partial charge is 0.266 e. The second-order valence-corrected chi connectivity index (χ2v) is 3.68. The minimum absolute atomic E-state index is 0.0335. The minimum Gasteiger partial charge on any atom is -0.266 e. The molecule has 0 radical (unpaired) electrons. The van der Waals surface area contributed by atoms with Crippen LogP contribution >= 0.6 is 0 Å². The van der Waals surface area contributed by atoms with Gasteiger partial charge in [0, 0.05) is 12.1 Å². The van der Waals surface area contributed by atoms with E-state index in [1.54, 1.807) is 19.1 Å². The molecular weight excluding hydrogens is 233 g/mol. The molecule has 2 aromatic rings. The van der Waals surface area contributed by atoms with Crippen LogP contribution in [-0.4, -0.2) is 9.78 Å². The van der Waals surface area contributed by atoms with Gasteiger partial charge in [0.25, 0.3) is 5.56 Å². The maximum Gasteiger partial charge on any atom is 0.284 e. The predicted octanol–water partition coefficient (Wildman–Crippen LogP) is 1.94. The molecule has 0 fully saturated rings. The first-order valence-corrected chi connectivity index (χ1v) is 5.44. The van der Waals surface area contributed by atoms with Crippen LogP contribution in [0.15, 0.2) is 35.1 Å². The third-order valence-electron chi connectivity index (χ3n) is 2.53. The van der Waals surface area contributed by atoms with E-state index in [1.165, 1.54) is 22.9 Å².